The first-order valence-electron chi connectivity index (χ1n) is 8.95. The predicted octanol–water partition coefficient (Wildman–Crippen LogP) is 4.87. The first kappa shape index (κ1) is 22.1. The van der Waals surface area contributed by atoms with Gasteiger partial charge in [-0.2, -0.15) is 0 Å². The summed E-state index contributed by atoms with van der Waals surface area (Å²) in [6, 6.07) is 0. The molecule has 0 saturated heterocycles. The normalized spacial score (nSPS) is 12.4. The van der Waals surface area contributed by atoms with Crippen LogP contribution in [-0.4, -0.2) is 33.1 Å². The molecule has 0 aliphatic heterocycles. The average Bonchev–Trinajstić information content (AvgIpc) is 2.54. The van der Waals surface area contributed by atoms with Crippen LogP contribution in [0.25, 0.3) is 0 Å². The Morgan fingerprint density at radius 1 is 0.957 bits per heavy atom. The van der Waals surface area contributed by atoms with Crippen molar-refractivity contribution in [1.29, 1.82) is 0 Å². The zero-order chi connectivity index (χ0) is 17.5. The number of unbranched alkanes of at least 4 members (excludes halogenated alkanes) is 5. The summed E-state index contributed by atoms with van der Waals surface area (Å²) >= 11 is 0. The molecule has 0 rings (SSSR count). The molecule has 0 aromatic rings. The molecule has 4 heteroatoms. The Hall–Kier alpha value is -0.870. The van der Waals surface area contributed by atoms with Crippen LogP contribution in [0.1, 0.15) is 71.6 Å². The Morgan fingerprint density at radius 3 is 2.09 bits per heavy atom. The monoisotopic (exact) mass is 328 g/mol. The van der Waals surface area contributed by atoms with E-state index in [1.54, 1.807) is 21.1 Å². The van der Waals surface area contributed by atoms with Crippen LogP contribution in [0.3, 0.4) is 0 Å². The second kappa shape index (κ2) is 14.7. The van der Waals surface area contributed by atoms with Crippen LogP contribution in [0.4, 0.5) is 0 Å². The van der Waals surface area contributed by atoms with Crippen molar-refractivity contribution < 1.29 is 19.0 Å². The molecule has 0 bridgehead atoms. The van der Waals surface area contributed by atoms with E-state index in [-0.39, 0.29) is 12.3 Å². The van der Waals surface area contributed by atoms with Crippen molar-refractivity contribution >= 4 is 5.97 Å². The summed E-state index contributed by atoms with van der Waals surface area (Å²) in [6.45, 7) is 7.91. The molecule has 0 radical (unpaired) electrons. The maximum atomic E-state index is 11.4. The second-order valence-electron chi connectivity index (χ2n) is 6.21. The highest BCUT2D eigenvalue weighted by atomic mass is 16.7. The Balaban J connectivity index is 4.05. The third-order valence-electron chi connectivity index (χ3n) is 4.08. The molecule has 0 aromatic heterocycles. The summed E-state index contributed by atoms with van der Waals surface area (Å²) in [6.07, 6.45) is 10.4. The number of ether oxygens (including phenoxy) is 3. The minimum absolute atomic E-state index is 0.178. The number of hydrogen-bond donors (Lipinski definition) is 0. The Morgan fingerprint density at radius 2 is 1.52 bits per heavy atom. The summed E-state index contributed by atoms with van der Waals surface area (Å²) in [4.78, 5) is 11.4. The van der Waals surface area contributed by atoms with Gasteiger partial charge < -0.3 is 14.2 Å². The summed E-state index contributed by atoms with van der Waals surface area (Å²) in [5, 5.41) is 0. The quantitative estimate of drug-likeness (QED) is 0.186. The number of carbonyl (C=O) groups is 1. The molecule has 0 aliphatic carbocycles. The summed E-state index contributed by atoms with van der Waals surface area (Å²) in [7, 11) is 3.37. The fraction of sp³-hybridized carbons (Fsp3) is 0.842. The summed E-state index contributed by atoms with van der Waals surface area (Å²) < 4.78 is 16.0. The topological polar surface area (TPSA) is 44.8 Å². The number of esters is 1. The van der Waals surface area contributed by atoms with Crippen LogP contribution < -0.4 is 0 Å². The lowest BCUT2D eigenvalue weighted by atomic mass is 9.95. The van der Waals surface area contributed by atoms with Gasteiger partial charge in [0.25, 0.3) is 0 Å². The molecule has 136 valence electrons. The van der Waals surface area contributed by atoms with Gasteiger partial charge >= 0.3 is 5.97 Å². The molecule has 0 saturated carbocycles. The zero-order valence-corrected chi connectivity index (χ0v) is 15.6. The van der Waals surface area contributed by atoms with E-state index in [2.05, 4.69) is 13.5 Å². The number of hydrogen-bond acceptors (Lipinski definition) is 4. The highest BCUT2D eigenvalue weighted by molar-refractivity contribution is 5.86. The molecule has 1 unspecified atom stereocenters. The maximum absolute atomic E-state index is 11.4. The Bertz CT molecular complexity index is 310. The van der Waals surface area contributed by atoms with Crippen LogP contribution in [-0.2, 0) is 19.0 Å². The van der Waals surface area contributed by atoms with Gasteiger partial charge in [0, 0.05) is 25.7 Å². The SMILES string of the molecule is C=C(C)C(=O)OCCCC(CCCCCCCC)C(OC)OC. The van der Waals surface area contributed by atoms with Crippen molar-refractivity contribution in [1.82, 2.24) is 0 Å². The number of carbonyl (C=O) groups excluding carboxylic acids is 1. The van der Waals surface area contributed by atoms with Crippen LogP contribution in [0, 0.1) is 5.92 Å². The van der Waals surface area contributed by atoms with E-state index in [0.717, 1.165) is 19.3 Å². The minimum Gasteiger partial charge on any atom is -0.462 e. The standard InChI is InChI=1S/C19H36O4/c1-6-7-8-9-10-11-13-17(19(21-4)22-5)14-12-15-23-18(20)16(2)3/h17,19H,2,6-15H2,1,3-5H3. The fourth-order valence-corrected chi connectivity index (χ4v) is 2.72. The molecule has 0 aliphatic rings. The van der Waals surface area contributed by atoms with E-state index in [0.29, 0.717) is 18.1 Å². The van der Waals surface area contributed by atoms with Crippen LogP contribution in [0.15, 0.2) is 12.2 Å². The van der Waals surface area contributed by atoms with Crippen LogP contribution >= 0.6 is 0 Å². The van der Waals surface area contributed by atoms with Crippen molar-refractivity contribution in [3.8, 4) is 0 Å². The molecule has 0 heterocycles. The van der Waals surface area contributed by atoms with E-state index < -0.39 is 0 Å². The first-order chi connectivity index (χ1) is 11.1. The Labute approximate surface area is 142 Å². The molecule has 4 nitrogen and oxygen atoms in total. The molecule has 1 atom stereocenters. The van der Waals surface area contributed by atoms with Gasteiger partial charge in [-0.1, -0.05) is 52.0 Å². The first-order valence-corrected chi connectivity index (χ1v) is 8.95. The van der Waals surface area contributed by atoms with Crippen LogP contribution in [0.2, 0.25) is 0 Å². The van der Waals surface area contributed by atoms with E-state index in [9.17, 15) is 4.79 Å². The second-order valence-corrected chi connectivity index (χ2v) is 6.21. The van der Waals surface area contributed by atoms with Gasteiger partial charge in [-0.25, -0.2) is 4.79 Å². The van der Waals surface area contributed by atoms with Gasteiger partial charge in [-0.05, 0) is 26.2 Å². The lowest BCUT2D eigenvalue weighted by Crippen LogP contribution is -2.25. The molecule has 0 aromatic carbocycles. The van der Waals surface area contributed by atoms with Gasteiger partial charge in [0.1, 0.15) is 0 Å². The van der Waals surface area contributed by atoms with Gasteiger partial charge in [0.2, 0.25) is 0 Å². The number of rotatable bonds is 15. The van der Waals surface area contributed by atoms with Crippen molar-refractivity contribution in [3.05, 3.63) is 12.2 Å². The van der Waals surface area contributed by atoms with Gasteiger partial charge in [-0.15, -0.1) is 0 Å². The van der Waals surface area contributed by atoms with E-state index in [4.69, 9.17) is 14.2 Å². The number of methoxy groups -OCH3 is 2. The minimum atomic E-state index is -0.312. The third-order valence-corrected chi connectivity index (χ3v) is 4.08. The molecular formula is C19H36O4. The van der Waals surface area contributed by atoms with E-state index >= 15 is 0 Å². The summed E-state index contributed by atoms with van der Waals surface area (Å²) in [5.41, 5.74) is 0.445. The fourth-order valence-electron chi connectivity index (χ4n) is 2.72. The largest absolute Gasteiger partial charge is 0.462 e. The van der Waals surface area contributed by atoms with Gasteiger partial charge in [0.05, 0.1) is 6.61 Å². The van der Waals surface area contributed by atoms with E-state index in [1.807, 2.05) is 0 Å². The average molecular weight is 328 g/mol. The molecule has 0 fully saturated rings. The molecule has 23 heavy (non-hydrogen) atoms. The van der Waals surface area contributed by atoms with E-state index in [1.165, 1.54) is 38.5 Å². The molecule has 0 spiro atoms. The van der Waals surface area contributed by atoms with Crippen molar-refractivity contribution in [2.24, 2.45) is 5.92 Å². The maximum Gasteiger partial charge on any atom is 0.333 e. The predicted molar refractivity (Wildman–Crippen MR) is 94.3 cm³/mol. The lowest BCUT2D eigenvalue weighted by molar-refractivity contribution is -0.144. The lowest BCUT2D eigenvalue weighted by Gasteiger charge is -2.24. The molecular weight excluding hydrogens is 292 g/mol. The molecule has 0 amide bonds. The highest BCUT2D eigenvalue weighted by Crippen LogP contribution is 2.22. The Kier molecular flexibility index (Phi) is 14.1. The summed E-state index contributed by atoms with van der Waals surface area (Å²) in [5.74, 6) is 0.0345. The third kappa shape index (κ3) is 11.3. The van der Waals surface area contributed by atoms with Crippen molar-refractivity contribution in [2.75, 3.05) is 20.8 Å². The van der Waals surface area contributed by atoms with Crippen molar-refractivity contribution in [3.63, 3.8) is 0 Å². The highest BCUT2D eigenvalue weighted by Gasteiger charge is 2.20. The smallest absolute Gasteiger partial charge is 0.333 e. The van der Waals surface area contributed by atoms with Crippen LogP contribution in [0.5, 0.6) is 0 Å². The zero-order valence-electron chi connectivity index (χ0n) is 15.6. The van der Waals surface area contributed by atoms with Gasteiger partial charge in [-0.3, -0.25) is 0 Å². The van der Waals surface area contributed by atoms with Gasteiger partial charge in [0.15, 0.2) is 6.29 Å². The van der Waals surface area contributed by atoms with Crippen molar-refractivity contribution in [2.45, 2.75) is 77.9 Å². The molecule has 0 N–H and O–H groups in total.